The fourth-order valence-corrected chi connectivity index (χ4v) is 3.85. The smallest absolute Gasteiger partial charge is 0.0992 e. The van der Waals surface area contributed by atoms with Crippen LogP contribution in [0.2, 0.25) is 5.02 Å². The van der Waals surface area contributed by atoms with E-state index in [1.165, 1.54) is 32.1 Å². The first-order valence-electron chi connectivity index (χ1n) is 6.76. The van der Waals surface area contributed by atoms with Crippen molar-refractivity contribution in [3.8, 4) is 6.07 Å². The van der Waals surface area contributed by atoms with E-state index in [1.807, 2.05) is 12.1 Å². The molecule has 1 heterocycles. The standard InChI is InChI=1S/C15H17ClN2/c16-13-9-11(10-17)6-7-15(13)18-8-2-4-12-3-1-5-14(12)18/h6-7,9,12,14H,1-5,8H2. The summed E-state index contributed by atoms with van der Waals surface area (Å²) < 4.78 is 0. The summed E-state index contributed by atoms with van der Waals surface area (Å²) in [5.74, 6) is 0.852. The van der Waals surface area contributed by atoms with Crippen LogP contribution in [-0.4, -0.2) is 12.6 Å². The van der Waals surface area contributed by atoms with Crippen molar-refractivity contribution in [1.29, 1.82) is 5.26 Å². The number of piperidine rings is 1. The third-order valence-corrected chi connectivity index (χ3v) is 4.68. The normalized spacial score (nSPS) is 26.8. The number of halogens is 1. The Morgan fingerprint density at radius 3 is 2.83 bits per heavy atom. The van der Waals surface area contributed by atoms with Crippen LogP contribution >= 0.6 is 11.6 Å². The monoisotopic (exact) mass is 260 g/mol. The fourth-order valence-electron chi connectivity index (χ4n) is 3.56. The number of fused-ring (bicyclic) bond motifs is 1. The van der Waals surface area contributed by atoms with Gasteiger partial charge in [-0.25, -0.2) is 0 Å². The quantitative estimate of drug-likeness (QED) is 0.764. The second-order valence-electron chi connectivity index (χ2n) is 5.37. The molecule has 0 bridgehead atoms. The Morgan fingerprint density at radius 1 is 1.22 bits per heavy atom. The fraction of sp³-hybridized carbons (Fsp3) is 0.533. The summed E-state index contributed by atoms with van der Waals surface area (Å²) in [5.41, 5.74) is 1.76. The summed E-state index contributed by atoms with van der Waals surface area (Å²) in [6.07, 6.45) is 6.64. The molecule has 0 amide bonds. The van der Waals surface area contributed by atoms with Gasteiger partial charge < -0.3 is 4.90 Å². The van der Waals surface area contributed by atoms with Gasteiger partial charge in [0.2, 0.25) is 0 Å². The van der Waals surface area contributed by atoms with Gasteiger partial charge in [0.15, 0.2) is 0 Å². The lowest BCUT2D eigenvalue weighted by Crippen LogP contribution is -2.42. The average molecular weight is 261 g/mol. The van der Waals surface area contributed by atoms with Crippen LogP contribution in [0.3, 0.4) is 0 Å². The van der Waals surface area contributed by atoms with Crippen LogP contribution in [-0.2, 0) is 0 Å². The van der Waals surface area contributed by atoms with Gasteiger partial charge >= 0.3 is 0 Å². The molecule has 2 aliphatic rings. The highest BCUT2D eigenvalue weighted by molar-refractivity contribution is 6.33. The maximum Gasteiger partial charge on any atom is 0.0992 e. The number of nitrogens with zero attached hydrogens (tertiary/aromatic N) is 2. The van der Waals surface area contributed by atoms with Crippen LogP contribution in [0.5, 0.6) is 0 Å². The van der Waals surface area contributed by atoms with Gasteiger partial charge in [-0.15, -0.1) is 0 Å². The van der Waals surface area contributed by atoms with Crippen LogP contribution < -0.4 is 4.90 Å². The van der Waals surface area contributed by atoms with Gasteiger partial charge in [0.25, 0.3) is 0 Å². The molecular weight excluding hydrogens is 244 g/mol. The Kier molecular flexibility index (Phi) is 3.18. The lowest BCUT2D eigenvalue weighted by atomic mass is 9.91. The molecule has 1 aromatic carbocycles. The van der Waals surface area contributed by atoms with E-state index in [4.69, 9.17) is 16.9 Å². The first kappa shape index (κ1) is 11.9. The summed E-state index contributed by atoms with van der Waals surface area (Å²) in [5, 5.41) is 9.61. The Hall–Kier alpha value is -1.20. The molecule has 0 spiro atoms. The molecule has 3 heteroatoms. The number of rotatable bonds is 1. The average Bonchev–Trinajstić information content (AvgIpc) is 2.87. The maximum absolute atomic E-state index is 8.89. The van der Waals surface area contributed by atoms with Gasteiger partial charge in [0.05, 0.1) is 22.3 Å². The Balaban J connectivity index is 1.92. The SMILES string of the molecule is N#Cc1ccc(N2CCCC3CCCC32)c(Cl)c1. The highest BCUT2D eigenvalue weighted by Gasteiger charge is 2.35. The van der Waals surface area contributed by atoms with E-state index in [2.05, 4.69) is 11.0 Å². The second-order valence-corrected chi connectivity index (χ2v) is 5.78. The molecule has 1 aromatic rings. The minimum Gasteiger partial charge on any atom is -0.367 e. The lowest BCUT2D eigenvalue weighted by Gasteiger charge is -2.40. The van der Waals surface area contributed by atoms with Gasteiger partial charge in [0.1, 0.15) is 0 Å². The summed E-state index contributed by atoms with van der Waals surface area (Å²) >= 11 is 6.34. The predicted octanol–water partition coefficient (Wildman–Crippen LogP) is 3.98. The molecule has 1 saturated carbocycles. The van der Waals surface area contributed by atoms with Crippen molar-refractivity contribution in [1.82, 2.24) is 0 Å². The van der Waals surface area contributed by atoms with Gasteiger partial charge in [-0.1, -0.05) is 18.0 Å². The molecule has 2 unspecified atom stereocenters. The van der Waals surface area contributed by atoms with E-state index >= 15 is 0 Å². The molecule has 0 radical (unpaired) electrons. The number of nitriles is 1. The number of benzene rings is 1. The van der Waals surface area contributed by atoms with Gasteiger partial charge in [-0.3, -0.25) is 0 Å². The molecule has 94 valence electrons. The van der Waals surface area contributed by atoms with Gasteiger partial charge in [-0.2, -0.15) is 5.26 Å². The molecule has 1 aliphatic carbocycles. The zero-order chi connectivity index (χ0) is 12.5. The molecule has 2 fully saturated rings. The Morgan fingerprint density at radius 2 is 2.06 bits per heavy atom. The molecule has 18 heavy (non-hydrogen) atoms. The third-order valence-electron chi connectivity index (χ3n) is 4.38. The summed E-state index contributed by atoms with van der Waals surface area (Å²) in [6, 6.07) is 8.49. The maximum atomic E-state index is 8.89. The summed E-state index contributed by atoms with van der Waals surface area (Å²) in [7, 11) is 0. The van der Waals surface area contributed by atoms with Crippen molar-refractivity contribution in [2.75, 3.05) is 11.4 Å². The summed E-state index contributed by atoms with van der Waals surface area (Å²) in [4.78, 5) is 2.48. The van der Waals surface area contributed by atoms with Crippen molar-refractivity contribution in [2.45, 2.75) is 38.1 Å². The van der Waals surface area contributed by atoms with Crippen LogP contribution in [0.1, 0.15) is 37.7 Å². The van der Waals surface area contributed by atoms with Crippen molar-refractivity contribution in [2.24, 2.45) is 5.92 Å². The molecule has 0 N–H and O–H groups in total. The Labute approximate surface area is 113 Å². The van der Waals surface area contributed by atoms with Crippen molar-refractivity contribution < 1.29 is 0 Å². The molecule has 1 saturated heterocycles. The molecule has 0 aromatic heterocycles. The molecule has 3 rings (SSSR count). The van der Waals surface area contributed by atoms with Crippen molar-refractivity contribution in [3.05, 3.63) is 28.8 Å². The largest absolute Gasteiger partial charge is 0.367 e. The zero-order valence-corrected chi connectivity index (χ0v) is 11.2. The predicted molar refractivity (Wildman–Crippen MR) is 73.9 cm³/mol. The topological polar surface area (TPSA) is 27.0 Å². The van der Waals surface area contributed by atoms with E-state index in [0.29, 0.717) is 11.6 Å². The van der Waals surface area contributed by atoms with E-state index in [0.717, 1.165) is 23.2 Å². The zero-order valence-electron chi connectivity index (χ0n) is 10.4. The summed E-state index contributed by atoms with van der Waals surface area (Å²) in [6.45, 7) is 1.10. The lowest BCUT2D eigenvalue weighted by molar-refractivity contribution is 0.362. The van der Waals surface area contributed by atoms with E-state index in [-0.39, 0.29) is 0 Å². The highest BCUT2D eigenvalue weighted by atomic mass is 35.5. The third kappa shape index (κ3) is 1.97. The minimum absolute atomic E-state index is 0.642. The van der Waals surface area contributed by atoms with Crippen LogP contribution in [0.4, 0.5) is 5.69 Å². The highest BCUT2D eigenvalue weighted by Crippen LogP contribution is 2.41. The van der Waals surface area contributed by atoms with Crippen LogP contribution in [0, 0.1) is 17.2 Å². The van der Waals surface area contributed by atoms with E-state index < -0.39 is 0 Å². The Bertz CT molecular complexity index is 492. The van der Waals surface area contributed by atoms with Crippen LogP contribution in [0.15, 0.2) is 18.2 Å². The minimum atomic E-state index is 0.642. The van der Waals surface area contributed by atoms with Crippen molar-refractivity contribution >= 4 is 17.3 Å². The van der Waals surface area contributed by atoms with Gasteiger partial charge in [0, 0.05) is 12.6 Å². The van der Waals surface area contributed by atoms with Gasteiger partial charge in [-0.05, 0) is 49.8 Å². The first-order valence-corrected chi connectivity index (χ1v) is 7.13. The van der Waals surface area contributed by atoms with Crippen LogP contribution in [0.25, 0.3) is 0 Å². The molecule has 1 aliphatic heterocycles. The van der Waals surface area contributed by atoms with E-state index in [1.54, 1.807) is 6.07 Å². The molecule has 2 nitrogen and oxygen atoms in total. The van der Waals surface area contributed by atoms with Crippen molar-refractivity contribution in [3.63, 3.8) is 0 Å². The first-order chi connectivity index (χ1) is 8.79. The molecule has 2 atom stereocenters. The number of hydrogen-bond acceptors (Lipinski definition) is 2. The van der Waals surface area contributed by atoms with E-state index in [9.17, 15) is 0 Å². The number of hydrogen-bond donors (Lipinski definition) is 0. The second kappa shape index (κ2) is 4.82. The number of anilines is 1. The molecular formula is C15H17ClN2.